The van der Waals surface area contributed by atoms with Crippen LogP contribution in [-0.2, 0) is 12.8 Å². The Morgan fingerprint density at radius 3 is 2.48 bits per heavy atom. The van der Waals surface area contributed by atoms with Gasteiger partial charge in [0.05, 0.1) is 0 Å². The maximum atomic E-state index is 3.57. The highest BCUT2D eigenvalue weighted by Gasteiger charge is 2.23. The Hall–Kier alpha value is -0.860. The fourth-order valence-electron chi connectivity index (χ4n) is 4.01. The Kier molecular flexibility index (Phi) is 4.97. The molecule has 116 valence electrons. The summed E-state index contributed by atoms with van der Waals surface area (Å²) < 4.78 is 0. The molecule has 0 saturated carbocycles. The Balaban J connectivity index is 1.71. The third-order valence-corrected chi connectivity index (χ3v) is 5.53. The Morgan fingerprint density at radius 1 is 1.05 bits per heavy atom. The molecule has 2 atom stereocenters. The van der Waals surface area contributed by atoms with Crippen LogP contribution in [0.25, 0.3) is 0 Å². The van der Waals surface area contributed by atoms with Crippen molar-refractivity contribution in [2.24, 2.45) is 0 Å². The summed E-state index contributed by atoms with van der Waals surface area (Å²) in [6, 6.07) is 7.82. The molecule has 0 radical (unpaired) electrons. The lowest BCUT2D eigenvalue weighted by Crippen LogP contribution is -2.41. The summed E-state index contributed by atoms with van der Waals surface area (Å²) in [6.07, 6.45) is 8.07. The predicted octanol–water partition coefficient (Wildman–Crippen LogP) is 3.35. The number of hydrogen-bond acceptors (Lipinski definition) is 2. The van der Waals surface area contributed by atoms with E-state index in [2.05, 4.69) is 42.4 Å². The topological polar surface area (TPSA) is 15.3 Å². The molecule has 21 heavy (non-hydrogen) atoms. The van der Waals surface area contributed by atoms with Crippen LogP contribution in [0.2, 0.25) is 0 Å². The van der Waals surface area contributed by atoms with E-state index in [-0.39, 0.29) is 0 Å². The van der Waals surface area contributed by atoms with Gasteiger partial charge in [-0.25, -0.2) is 0 Å². The monoisotopic (exact) mass is 286 g/mol. The number of aryl methyl sites for hydroxylation is 2. The second-order valence-electron chi connectivity index (χ2n) is 6.93. The Morgan fingerprint density at radius 2 is 1.76 bits per heavy atom. The van der Waals surface area contributed by atoms with Crippen LogP contribution in [0.3, 0.4) is 0 Å². The van der Waals surface area contributed by atoms with Crippen LogP contribution in [0.1, 0.15) is 55.2 Å². The standard InChI is InChI=1S/C19H30N2/c1-15(19(20-2)14-21-11-5-6-12-21)17-10-9-16-7-3-4-8-18(16)13-17/h9-10,13,15,19-20H,3-8,11-12,14H2,1-2H3. The Bertz CT molecular complexity index is 463. The molecule has 1 saturated heterocycles. The lowest BCUT2D eigenvalue weighted by molar-refractivity contribution is 0.280. The van der Waals surface area contributed by atoms with Gasteiger partial charge in [0.25, 0.3) is 0 Å². The number of nitrogens with zero attached hydrogens (tertiary/aromatic N) is 1. The molecule has 1 aliphatic carbocycles. The first-order chi connectivity index (χ1) is 10.3. The molecular weight excluding hydrogens is 256 g/mol. The summed E-state index contributed by atoms with van der Waals surface area (Å²) in [5.74, 6) is 0.586. The van der Waals surface area contributed by atoms with E-state index in [1.54, 1.807) is 11.1 Å². The van der Waals surface area contributed by atoms with Crippen LogP contribution in [-0.4, -0.2) is 37.6 Å². The number of likely N-dealkylation sites (N-methyl/N-ethyl adjacent to an activating group) is 1. The molecule has 1 aromatic rings. The summed E-state index contributed by atoms with van der Waals surface area (Å²) in [5.41, 5.74) is 4.73. The smallest absolute Gasteiger partial charge is 0.0257 e. The van der Waals surface area contributed by atoms with Crippen LogP contribution < -0.4 is 5.32 Å². The van der Waals surface area contributed by atoms with Gasteiger partial charge in [-0.05, 0) is 81.3 Å². The molecule has 1 N–H and O–H groups in total. The van der Waals surface area contributed by atoms with E-state index in [4.69, 9.17) is 0 Å². The first kappa shape index (κ1) is 15.1. The molecule has 1 aromatic carbocycles. The number of benzene rings is 1. The lowest BCUT2D eigenvalue weighted by atomic mass is 9.86. The molecule has 1 aliphatic heterocycles. The zero-order valence-electron chi connectivity index (χ0n) is 13.7. The van der Waals surface area contributed by atoms with Gasteiger partial charge in [-0.15, -0.1) is 0 Å². The summed E-state index contributed by atoms with van der Waals surface area (Å²) in [5, 5.41) is 3.57. The van der Waals surface area contributed by atoms with Crippen LogP contribution in [0.4, 0.5) is 0 Å². The lowest BCUT2D eigenvalue weighted by Gasteiger charge is -2.29. The van der Waals surface area contributed by atoms with E-state index >= 15 is 0 Å². The summed E-state index contributed by atoms with van der Waals surface area (Å²) in [7, 11) is 2.12. The zero-order valence-corrected chi connectivity index (χ0v) is 13.7. The van der Waals surface area contributed by atoms with Crippen molar-refractivity contribution < 1.29 is 0 Å². The van der Waals surface area contributed by atoms with Gasteiger partial charge in [0.1, 0.15) is 0 Å². The van der Waals surface area contributed by atoms with E-state index in [1.165, 1.54) is 63.7 Å². The van der Waals surface area contributed by atoms with Crippen molar-refractivity contribution in [1.82, 2.24) is 10.2 Å². The van der Waals surface area contributed by atoms with Gasteiger partial charge in [-0.1, -0.05) is 25.1 Å². The second kappa shape index (κ2) is 6.93. The SMILES string of the molecule is CNC(CN1CCCC1)C(C)c1ccc2c(c1)CCCC2. The van der Waals surface area contributed by atoms with E-state index in [0.29, 0.717) is 12.0 Å². The normalized spacial score (nSPS) is 22.0. The summed E-state index contributed by atoms with van der Waals surface area (Å²) >= 11 is 0. The summed E-state index contributed by atoms with van der Waals surface area (Å²) in [6.45, 7) is 6.15. The van der Waals surface area contributed by atoms with Crippen molar-refractivity contribution in [1.29, 1.82) is 0 Å². The largest absolute Gasteiger partial charge is 0.315 e. The minimum atomic E-state index is 0.560. The zero-order chi connectivity index (χ0) is 14.7. The number of likely N-dealkylation sites (tertiary alicyclic amines) is 1. The van der Waals surface area contributed by atoms with Crippen molar-refractivity contribution >= 4 is 0 Å². The number of rotatable bonds is 5. The molecule has 2 unspecified atom stereocenters. The van der Waals surface area contributed by atoms with Gasteiger partial charge >= 0.3 is 0 Å². The first-order valence-corrected chi connectivity index (χ1v) is 8.79. The number of fused-ring (bicyclic) bond motifs is 1. The molecule has 0 aromatic heterocycles. The predicted molar refractivity (Wildman–Crippen MR) is 90.0 cm³/mol. The van der Waals surface area contributed by atoms with Crippen molar-refractivity contribution in [2.45, 2.75) is 57.4 Å². The molecule has 0 amide bonds. The average molecular weight is 286 g/mol. The van der Waals surface area contributed by atoms with Gasteiger partial charge in [0, 0.05) is 12.6 Å². The third-order valence-electron chi connectivity index (χ3n) is 5.53. The molecule has 0 bridgehead atoms. The van der Waals surface area contributed by atoms with Crippen molar-refractivity contribution in [3.8, 4) is 0 Å². The van der Waals surface area contributed by atoms with Crippen molar-refractivity contribution in [2.75, 3.05) is 26.7 Å². The highest BCUT2D eigenvalue weighted by molar-refractivity contribution is 5.35. The molecule has 1 fully saturated rings. The molecule has 2 heteroatoms. The molecule has 0 spiro atoms. The van der Waals surface area contributed by atoms with E-state index in [9.17, 15) is 0 Å². The molecule has 3 rings (SSSR count). The number of nitrogens with one attached hydrogen (secondary N) is 1. The van der Waals surface area contributed by atoms with Crippen LogP contribution in [0.15, 0.2) is 18.2 Å². The number of hydrogen-bond donors (Lipinski definition) is 1. The van der Waals surface area contributed by atoms with E-state index in [1.807, 2.05) is 0 Å². The minimum Gasteiger partial charge on any atom is -0.315 e. The van der Waals surface area contributed by atoms with Crippen molar-refractivity contribution in [3.63, 3.8) is 0 Å². The highest BCUT2D eigenvalue weighted by atomic mass is 15.2. The fraction of sp³-hybridized carbons (Fsp3) is 0.684. The van der Waals surface area contributed by atoms with Gasteiger partial charge in [0.15, 0.2) is 0 Å². The van der Waals surface area contributed by atoms with E-state index < -0.39 is 0 Å². The first-order valence-electron chi connectivity index (χ1n) is 8.79. The van der Waals surface area contributed by atoms with E-state index in [0.717, 1.165) is 0 Å². The van der Waals surface area contributed by atoms with Gasteiger partial charge in [-0.2, -0.15) is 0 Å². The third kappa shape index (κ3) is 3.49. The van der Waals surface area contributed by atoms with Gasteiger partial charge in [0.2, 0.25) is 0 Å². The molecule has 2 aliphatic rings. The minimum absolute atomic E-state index is 0.560. The molecular formula is C19H30N2. The summed E-state index contributed by atoms with van der Waals surface area (Å²) in [4.78, 5) is 2.62. The van der Waals surface area contributed by atoms with Gasteiger partial charge in [-0.3, -0.25) is 0 Å². The van der Waals surface area contributed by atoms with Crippen molar-refractivity contribution in [3.05, 3.63) is 34.9 Å². The quantitative estimate of drug-likeness (QED) is 0.893. The van der Waals surface area contributed by atoms with Crippen LogP contribution >= 0.6 is 0 Å². The highest BCUT2D eigenvalue weighted by Crippen LogP contribution is 2.27. The maximum Gasteiger partial charge on any atom is 0.0257 e. The van der Waals surface area contributed by atoms with Gasteiger partial charge < -0.3 is 10.2 Å². The second-order valence-corrected chi connectivity index (χ2v) is 6.93. The fourth-order valence-corrected chi connectivity index (χ4v) is 4.01. The Labute approximate surface area is 129 Å². The van der Waals surface area contributed by atoms with Crippen LogP contribution in [0, 0.1) is 0 Å². The van der Waals surface area contributed by atoms with Crippen LogP contribution in [0.5, 0.6) is 0 Å². The maximum absolute atomic E-state index is 3.57. The average Bonchev–Trinajstić information content (AvgIpc) is 3.04. The molecule has 2 nitrogen and oxygen atoms in total. The molecule has 1 heterocycles.